The Kier molecular flexibility index (Phi) is 4.56. The van der Waals surface area contributed by atoms with Gasteiger partial charge in [0.05, 0.1) is 5.39 Å². The Morgan fingerprint density at radius 1 is 0.633 bits per heavy atom. The van der Waals surface area contributed by atoms with E-state index in [9.17, 15) is 0 Å². The number of benzene rings is 4. The molecule has 3 nitrogen and oxygen atoms in total. The van der Waals surface area contributed by atoms with E-state index in [1.54, 1.807) is 0 Å². The molecule has 0 saturated carbocycles. The summed E-state index contributed by atoms with van der Waals surface area (Å²) in [5.74, 6) is 0.477. The van der Waals surface area contributed by atoms with Gasteiger partial charge in [-0.3, -0.25) is 0 Å². The molecule has 30 heavy (non-hydrogen) atoms. The van der Waals surface area contributed by atoms with Crippen molar-refractivity contribution in [3.8, 4) is 5.88 Å². The lowest BCUT2D eigenvalue weighted by Gasteiger charge is -2.35. The minimum absolute atomic E-state index is 0.477. The van der Waals surface area contributed by atoms with Crippen LogP contribution in [0, 0.1) is 6.92 Å². The minimum atomic E-state index is -0.878. The van der Waals surface area contributed by atoms with Gasteiger partial charge in [0.25, 0.3) is 5.88 Å². The summed E-state index contributed by atoms with van der Waals surface area (Å²) >= 11 is 0. The highest BCUT2D eigenvalue weighted by Gasteiger charge is 2.40. The van der Waals surface area contributed by atoms with Gasteiger partial charge in [-0.05, 0) is 23.7 Å². The van der Waals surface area contributed by atoms with Gasteiger partial charge in [0.1, 0.15) is 0 Å². The third kappa shape index (κ3) is 2.96. The Morgan fingerprint density at radius 2 is 1.13 bits per heavy atom. The van der Waals surface area contributed by atoms with Crippen molar-refractivity contribution >= 4 is 11.0 Å². The van der Waals surface area contributed by atoms with E-state index in [0.29, 0.717) is 5.88 Å². The number of nitrogens with zero attached hydrogens (tertiary/aromatic N) is 1. The number of fused-ring (bicyclic) bond motifs is 1. The van der Waals surface area contributed by atoms with Crippen LogP contribution in [-0.4, -0.2) is 5.16 Å². The predicted molar refractivity (Wildman–Crippen MR) is 119 cm³/mol. The quantitative estimate of drug-likeness (QED) is 0.321. The van der Waals surface area contributed by atoms with Crippen LogP contribution in [0.25, 0.3) is 11.0 Å². The Labute approximate surface area is 175 Å². The lowest BCUT2D eigenvalue weighted by molar-refractivity contribution is 0.142. The molecule has 5 aromatic rings. The number of hydrogen-bond acceptors (Lipinski definition) is 3. The third-order valence-electron chi connectivity index (χ3n) is 5.45. The second kappa shape index (κ2) is 7.53. The summed E-state index contributed by atoms with van der Waals surface area (Å²) in [6.07, 6.45) is 0. The van der Waals surface area contributed by atoms with Gasteiger partial charge in [-0.25, -0.2) is 0 Å². The summed E-state index contributed by atoms with van der Waals surface area (Å²) in [5.41, 5.74) is 3.95. The molecular formula is C27H21NO2. The van der Waals surface area contributed by atoms with E-state index in [2.05, 4.69) is 41.6 Å². The van der Waals surface area contributed by atoms with Crippen LogP contribution >= 0.6 is 0 Å². The molecule has 0 amide bonds. The molecule has 146 valence electrons. The fraction of sp³-hybridized carbons (Fsp3) is 0.0741. The van der Waals surface area contributed by atoms with Crippen LogP contribution in [0.3, 0.4) is 0 Å². The van der Waals surface area contributed by atoms with Crippen LogP contribution in [0.5, 0.6) is 5.88 Å². The SMILES string of the molecule is Cc1cccc2c(OC(c3ccccc3)(c3ccccc3)c3ccccc3)noc12. The van der Waals surface area contributed by atoms with Crippen LogP contribution in [0.15, 0.2) is 114 Å². The highest BCUT2D eigenvalue weighted by molar-refractivity contribution is 5.84. The van der Waals surface area contributed by atoms with E-state index in [0.717, 1.165) is 33.2 Å². The normalized spacial score (nSPS) is 11.5. The van der Waals surface area contributed by atoms with Gasteiger partial charge in [0.2, 0.25) is 0 Å². The van der Waals surface area contributed by atoms with Gasteiger partial charge in [0.15, 0.2) is 11.2 Å². The molecule has 0 aliphatic heterocycles. The lowest BCUT2D eigenvalue weighted by Crippen LogP contribution is -2.36. The molecule has 4 aromatic carbocycles. The van der Waals surface area contributed by atoms with E-state index < -0.39 is 5.60 Å². The minimum Gasteiger partial charge on any atom is -0.454 e. The summed E-state index contributed by atoms with van der Waals surface area (Å²) < 4.78 is 12.5. The van der Waals surface area contributed by atoms with Gasteiger partial charge in [-0.2, -0.15) is 0 Å². The number of aryl methyl sites for hydroxylation is 1. The monoisotopic (exact) mass is 391 g/mol. The number of para-hydroxylation sites is 1. The standard InChI is InChI=1S/C27H21NO2/c1-20-12-11-19-24-25(20)30-28-26(24)29-27(21-13-5-2-6-14-21,22-15-7-3-8-16-22)23-17-9-4-10-18-23/h2-19H,1H3. The fourth-order valence-electron chi connectivity index (χ4n) is 3.99. The summed E-state index contributed by atoms with van der Waals surface area (Å²) in [4.78, 5) is 0. The molecule has 0 spiro atoms. The molecule has 5 rings (SSSR count). The zero-order valence-electron chi connectivity index (χ0n) is 16.7. The molecule has 0 bridgehead atoms. The second-order valence-corrected chi connectivity index (χ2v) is 7.32. The molecule has 3 heteroatoms. The first-order valence-electron chi connectivity index (χ1n) is 9.99. The van der Waals surface area contributed by atoms with Gasteiger partial charge in [0, 0.05) is 16.7 Å². The highest BCUT2D eigenvalue weighted by Crippen LogP contribution is 2.42. The lowest BCUT2D eigenvalue weighted by atomic mass is 9.80. The maximum atomic E-state index is 6.86. The predicted octanol–water partition coefficient (Wildman–Crippen LogP) is 6.51. The van der Waals surface area contributed by atoms with E-state index in [-0.39, 0.29) is 0 Å². The highest BCUT2D eigenvalue weighted by atomic mass is 16.6. The van der Waals surface area contributed by atoms with Gasteiger partial charge in [-0.1, -0.05) is 103 Å². The van der Waals surface area contributed by atoms with Crippen molar-refractivity contribution in [2.24, 2.45) is 0 Å². The number of aromatic nitrogens is 1. The van der Waals surface area contributed by atoms with Crippen molar-refractivity contribution in [1.29, 1.82) is 0 Å². The van der Waals surface area contributed by atoms with Crippen molar-refractivity contribution in [3.05, 3.63) is 131 Å². The van der Waals surface area contributed by atoms with Crippen molar-refractivity contribution in [2.75, 3.05) is 0 Å². The van der Waals surface area contributed by atoms with Crippen LogP contribution < -0.4 is 4.74 Å². The van der Waals surface area contributed by atoms with Crippen molar-refractivity contribution in [2.45, 2.75) is 12.5 Å². The van der Waals surface area contributed by atoms with Crippen LogP contribution in [-0.2, 0) is 5.60 Å². The first kappa shape index (κ1) is 18.2. The molecule has 0 saturated heterocycles. The Balaban J connectivity index is 1.80. The van der Waals surface area contributed by atoms with Crippen LogP contribution in [0.1, 0.15) is 22.3 Å². The number of ether oxygens (including phenoxy) is 1. The zero-order valence-corrected chi connectivity index (χ0v) is 16.7. The molecular weight excluding hydrogens is 370 g/mol. The molecule has 1 heterocycles. The average Bonchev–Trinajstić information content (AvgIpc) is 3.23. The first-order valence-corrected chi connectivity index (χ1v) is 9.99. The molecule has 0 N–H and O–H groups in total. The Morgan fingerprint density at radius 3 is 1.63 bits per heavy atom. The Hall–Kier alpha value is -3.85. The molecule has 0 atom stereocenters. The Bertz CT molecular complexity index is 1170. The number of rotatable bonds is 5. The third-order valence-corrected chi connectivity index (χ3v) is 5.45. The molecule has 0 radical (unpaired) electrons. The topological polar surface area (TPSA) is 35.3 Å². The van der Waals surface area contributed by atoms with Gasteiger partial charge >= 0.3 is 0 Å². The first-order chi connectivity index (χ1) is 14.8. The van der Waals surface area contributed by atoms with E-state index in [4.69, 9.17) is 9.26 Å². The van der Waals surface area contributed by atoms with E-state index in [1.807, 2.05) is 79.7 Å². The smallest absolute Gasteiger partial charge is 0.263 e. The molecule has 0 aliphatic carbocycles. The van der Waals surface area contributed by atoms with Crippen molar-refractivity contribution in [1.82, 2.24) is 5.16 Å². The van der Waals surface area contributed by atoms with Crippen LogP contribution in [0.4, 0.5) is 0 Å². The molecule has 0 unspecified atom stereocenters. The van der Waals surface area contributed by atoms with E-state index in [1.165, 1.54) is 0 Å². The summed E-state index contributed by atoms with van der Waals surface area (Å²) in [6.45, 7) is 2.01. The second-order valence-electron chi connectivity index (χ2n) is 7.32. The number of hydrogen-bond donors (Lipinski definition) is 0. The van der Waals surface area contributed by atoms with Gasteiger partial charge in [-0.15, -0.1) is 0 Å². The average molecular weight is 391 g/mol. The molecule has 0 fully saturated rings. The summed E-state index contributed by atoms with van der Waals surface area (Å²) in [7, 11) is 0. The van der Waals surface area contributed by atoms with Crippen LogP contribution in [0.2, 0.25) is 0 Å². The summed E-state index contributed by atoms with van der Waals surface area (Å²) in [5, 5.41) is 5.18. The maximum absolute atomic E-state index is 6.86. The molecule has 0 aliphatic rings. The van der Waals surface area contributed by atoms with E-state index >= 15 is 0 Å². The van der Waals surface area contributed by atoms with Gasteiger partial charge < -0.3 is 9.26 Å². The summed E-state index contributed by atoms with van der Waals surface area (Å²) in [6, 6.07) is 36.8. The zero-order chi connectivity index (χ0) is 20.4. The van der Waals surface area contributed by atoms with Crippen molar-refractivity contribution < 1.29 is 9.26 Å². The largest absolute Gasteiger partial charge is 0.454 e. The maximum Gasteiger partial charge on any atom is 0.263 e. The molecule has 1 aromatic heterocycles. The fourth-order valence-corrected chi connectivity index (χ4v) is 3.99. The van der Waals surface area contributed by atoms with Crippen molar-refractivity contribution in [3.63, 3.8) is 0 Å².